The lowest BCUT2D eigenvalue weighted by molar-refractivity contribution is 0.454. The van der Waals surface area contributed by atoms with Crippen LogP contribution >= 0.6 is 0 Å². The molecule has 10 nitrogen and oxygen atoms in total. The Hall–Kier alpha value is -4.09. The lowest BCUT2D eigenvalue weighted by Gasteiger charge is -2.06. The van der Waals surface area contributed by atoms with Crippen molar-refractivity contribution in [2.45, 2.75) is 25.4 Å². The second-order valence-electron chi connectivity index (χ2n) is 7.12. The van der Waals surface area contributed by atoms with Gasteiger partial charge in [-0.2, -0.15) is 19.6 Å². The molecular formula is C19H16F2N8O2. The van der Waals surface area contributed by atoms with Crippen LogP contribution in [0.5, 0.6) is 5.88 Å². The number of aromatic amines is 2. The summed E-state index contributed by atoms with van der Waals surface area (Å²) >= 11 is 0. The Kier molecular flexibility index (Phi) is 4.46. The number of rotatable bonds is 5. The van der Waals surface area contributed by atoms with E-state index in [1.165, 1.54) is 16.8 Å². The van der Waals surface area contributed by atoms with Gasteiger partial charge in [0.15, 0.2) is 5.65 Å². The minimum atomic E-state index is -0.557. The third-order valence-corrected chi connectivity index (χ3v) is 4.70. The van der Waals surface area contributed by atoms with Gasteiger partial charge in [0, 0.05) is 17.3 Å². The molecule has 4 N–H and O–H groups in total. The summed E-state index contributed by atoms with van der Waals surface area (Å²) in [5.41, 5.74) is 0.396. The number of benzene rings is 1. The summed E-state index contributed by atoms with van der Waals surface area (Å²) in [5.74, 6) is -1.27. The van der Waals surface area contributed by atoms with E-state index in [2.05, 4.69) is 35.3 Å². The maximum Gasteiger partial charge on any atom is 0.326 e. The van der Waals surface area contributed by atoms with E-state index in [-0.39, 0.29) is 35.7 Å². The summed E-state index contributed by atoms with van der Waals surface area (Å²) in [7, 11) is 0. The summed E-state index contributed by atoms with van der Waals surface area (Å²) in [6.07, 6.45) is 4.89. The minimum absolute atomic E-state index is 0.0399. The number of anilines is 1. The Morgan fingerprint density at radius 3 is 2.87 bits per heavy atom. The highest BCUT2D eigenvalue weighted by molar-refractivity contribution is 5.57. The van der Waals surface area contributed by atoms with Crippen LogP contribution in [0, 0.1) is 11.6 Å². The zero-order valence-electron chi connectivity index (χ0n) is 15.9. The van der Waals surface area contributed by atoms with Crippen molar-refractivity contribution in [3.05, 3.63) is 68.6 Å². The molecule has 1 aliphatic carbocycles. The second kappa shape index (κ2) is 7.31. The molecule has 31 heavy (non-hydrogen) atoms. The molecule has 4 aromatic rings. The predicted molar refractivity (Wildman–Crippen MR) is 105 cm³/mol. The van der Waals surface area contributed by atoms with Gasteiger partial charge in [0.2, 0.25) is 11.8 Å². The summed E-state index contributed by atoms with van der Waals surface area (Å²) in [5, 5.41) is 17.5. The molecule has 158 valence electrons. The zero-order chi connectivity index (χ0) is 21.5. The quantitative estimate of drug-likeness (QED) is 0.364. The van der Waals surface area contributed by atoms with Crippen molar-refractivity contribution < 1.29 is 13.9 Å². The molecule has 1 aromatic carbocycles. The van der Waals surface area contributed by atoms with Gasteiger partial charge < -0.3 is 15.4 Å². The topological polar surface area (TPSA) is 136 Å². The fourth-order valence-corrected chi connectivity index (χ4v) is 3.01. The standard InChI is InChI=1S/C19H16F2N8O2/c20-11-1-4-13(21)9(5-11)7-22-17-26-15-10(6-14-16(30)27-19(31)25-14)8-23-29(15)18(28-17)24-12-2-3-12/h1,4-6,8,12,30H,2-3,7H2,(H,22,24,28)(H2,25,27,31)/b10-6+. The van der Waals surface area contributed by atoms with Crippen LogP contribution in [0.3, 0.4) is 0 Å². The number of aromatic hydroxyl groups is 1. The van der Waals surface area contributed by atoms with E-state index in [1.54, 1.807) is 0 Å². The van der Waals surface area contributed by atoms with Crippen molar-refractivity contribution in [3.63, 3.8) is 0 Å². The van der Waals surface area contributed by atoms with Gasteiger partial charge in [-0.25, -0.2) is 18.6 Å². The third kappa shape index (κ3) is 3.86. The Morgan fingerprint density at radius 2 is 2.13 bits per heavy atom. The molecule has 0 bridgehead atoms. The van der Waals surface area contributed by atoms with Crippen molar-refractivity contribution in [2.75, 3.05) is 5.32 Å². The smallest absolute Gasteiger partial charge is 0.326 e. The van der Waals surface area contributed by atoms with Gasteiger partial charge in [-0.1, -0.05) is 0 Å². The molecule has 1 fully saturated rings. The van der Waals surface area contributed by atoms with Crippen molar-refractivity contribution in [2.24, 2.45) is 4.99 Å². The summed E-state index contributed by atoms with van der Waals surface area (Å²) < 4.78 is 28.8. The molecule has 0 radical (unpaired) electrons. The Bertz CT molecular complexity index is 1470. The molecule has 0 spiro atoms. The number of nitrogens with zero attached hydrogens (tertiary/aromatic N) is 5. The number of H-pyrrole nitrogens is 2. The van der Waals surface area contributed by atoms with Gasteiger partial charge in [-0.3, -0.25) is 4.98 Å². The van der Waals surface area contributed by atoms with Crippen LogP contribution < -0.4 is 21.8 Å². The van der Waals surface area contributed by atoms with Crippen LogP contribution in [0.15, 0.2) is 34.2 Å². The number of fused-ring (bicyclic) bond motifs is 1. The molecule has 0 atom stereocenters. The maximum absolute atomic E-state index is 13.9. The summed E-state index contributed by atoms with van der Waals surface area (Å²) in [4.78, 5) is 29.4. The average molecular weight is 426 g/mol. The predicted octanol–water partition coefficient (Wildman–Crippen LogP) is 0.347. The third-order valence-electron chi connectivity index (χ3n) is 4.70. The second-order valence-corrected chi connectivity index (χ2v) is 7.12. The highest BCUT2D eigenvalue weighted by Crippen LogP contribution is 2.22. The van der Waals surface area contributed by atoms with E-state index < -0.39 is 17.3 Å². The van der Waals surface area contributed by atoms with Gasteiger partial charge in [0.1, 0.15) is 17.3 Å². The van der Waals surface area contributed by atoms with Gasteiger partial charge in [0.25, 0.3) is 5.62 Å². The van der Waals surface area contributed by atoms with Gasteiger partial charge in [-0.15, -0.1) is 0 Å². The Balaban J connectivity index is 1.59. The lowest BCUT2D eigenvalue weighted by Crippen LogP contribution is -2.24. The van der Waals surface area contributed by atoms with Crippen molar-refractivity contribution >= 4 is 17.7 Å². The SMILES string of the molecule is O=c1[nH]c(O)c(/C=c2\cnn3c(=NC4CC4)nc(NCc4cc(F)ccc4F)nc23)[nH]1. The first-order valence-electron chi connectivity index (χ1n) is 9.47. The van der Waals surface area contributed by atoms with E-state index in [9.17, 15) is 18.7 Å². The molecular weight excluding hydrogens is 410 g/mol. The average Bonchev–Trinajstić information content (AvgIpc) is 3.37. The number of hydrogen-bond donors (Lipinski definition) is 4. The van der Waals surface area contributed by atoms with Crippen LogP contribution in [0.4, 0.5) is 14.7 Å². The monoisotopic (exact) mass is 426 g/mol. The largest absolute Gasteiger partial charge is 0.493 e. The van der Waals surface area contributed by atoms with Gasteiger partial charge in [-0.05, 0) is 37.1 Å². The number of imidazole rings is 1. The fraction of sp³-hybridized carbons (Fsp3) is 0.211. The van der Waals surface area contributed by atoms with E-state index in [0.29, 0.717) is 16.5 Å². The lowest BCUT2D eigenvalue weighted by atomic mass is 10.2. The number of nitrogens with one attached hydrogen (secondary N) is 3. The van der Waals surface area contributed by atoms with Crippen LogP contribution in [-0.4, -0.2) is 40.7 Å². The molecule has 3 aromatic heterocycles. The molecule has 1 aliphatic rings. The van der Waals surface area contributed by atoms with Crippen molar-refractivity contribution in [1.82, 2.24) is 29.5 Å². The minimum Gasteiger partial charge on any atom is -0.493 e. The molecule has 0 aliphatic heterocycles. The Labute approximate surface area is 172 Å². The summed E-state index contributed by atoms with van der Waals surface area (Å²) in [6, 6.07) is 3.34. The van der Waals surface area contributed by atoms with E-state index in [0.717, 1.165) is 31.0 Å². The zero-order valence-corrected chi connectivity index (χ0v) is 15.9. The van der Waals surface area contributed by atoms with Crippen LogP contribution in [0.1, 0.15) is 24.1 Å². The van der Waals surface area contributed by atoms with Crippen LogP contribution in [0.25, 0.3) is 11.7 Å². The highest BCUT2D eigenvalue weighted by atomic mass is 19.1. The van der Waals surface area contributed by atoms with Crippen molar-refractivity contribution in [1.29, 1.82) is 0 Å². The fourth-order valence-electron chi connectivity index (χ4n) is 3.01. The first-order chi connectivity index (χ1) is 15.0. The highest BCUT2D eigenvalue weighted by Gasteiger charge is 2.21. The first-order valence-corrected chi connectivity index (χ1v) is 9.47. The molecule has 1 saturated carbocycles. The number of halogens is 2. The van der Waals surface area contributed by atoms with E-state index in [4.69, 9.17) is 0 Å². The summed E-state index contributed by atoms with van der Waals surface area (Å²) in [6.45, 7) is -0.0399. The van der Waals surface area contributed by atoms with E-state index >= 15 is 0 Å². The van der Waals surface area contributed by atoms with Crippen LogP contribution in [0.2, 0.25) is 0 Å². The molecule has 12 heteroatoms. The molecule has 5 rings (SSSR count). The normalized spacial score (nSPS) is 15.2. The van der Waals surface area contributed by atoms with Gasteiger partial charge >= 0.3 is 5.69 Å². The van der Waals surface area contributed by atoms with Crippen molar-refractivity contribution in [3.8, 4) is 5.88 Å². The molecule has 0 amide bonds. The molecule has 0 saturated heterocycles. The molecule has 3 heterocycles. The number of hydrogen-bond acceptors (Lipinski definition) is 7. The maximum atomic E-state index is 13.9. The van der Waals surface area contributed by atoms with Gasteiger partial charge in [0.05, 0.1) is 12.2 Å². The Morgan fingerprint density at radius 1 is 1.29 bits per heavy atom. The van der Waals surface area contributed by atoms with Crippen LogP contribution in [-0.2, 0) is 6.54 Å². The first kappa shape index (κ1) is 18.9. The molecule has 0 unspecified atom stereocenters. The number of aromatic nitrogens is 6. The van der Waals surface area contributed by atoms with E-state index in [1.807, 2.05) is 0 Å².